The quantitative estimate of drug-likeness (QED) is 0.928. The van der Waals surface area contributed by atoms with Crippen LogP contribution in [0.25, 0.3) is 0 Å². The molecule has 0 spiro atoms. The second-order valence-electron chi connectivity index (χ2n) is 5.81. The lowest BCUT2D eigenvalue weighted by Crippen LogP contribution is -2.38. The molecule has 0 radical (unpaired) electrons. The third kappa shape index (κ3) is 3.01. The lowest BCUT2D eigenvalue weighted by molar-refractivity contribution is 0.0714. The van der Waals surface area contributed by atoms with E-state index in [1.54, 1.807) is 0 Å². The number of hydrogen-bond donors (Lipinski definition) is 1. The Morgan fingerprint density at radius 1 is 1.26 bits per heavy atom. The molecule has 2 fully saturated rings. The van der Waals surface area contributed by atoms with Crippen molar-refractivity contribution in [2.75, 3.05) is 6.54 Å². The molecule has 19 heavy (non-hydrogen) atoms. The van der Waals surface area contributed by atoms with Gasteiger partial charge in [-0.15, -0.1) is 0 Å². The van der Waals surface area contributed by atoms with Gasteiger partial charge in [0, 0.05) is 29.2 Å². The summed E-state index contributed by atoms with van der Waals surface area (Å²) in [6.45, 7) is 2.06. The summed E-state index contributed by atoms with van der Waals surface area (Å²) in [6, 6.07) is 4.70. The first-order valence-electron chi connectivity index (χ1n) is 7.26. The number of aromatic nitrogens is 1. The Balaban J connectivity index is 1.67. The Hall–Kier alpha value is -0.450. The molecule has 3 unspecified atom stereocenters. The zero-order valence-electron chi connectivity index (χ0n) is 11.1. The first-order chi connectivity index (χ1) is 9.24. The number of aliphatic hydroxyl groups is 1. The van der Waals surface area contributed by atoms with Crippen LogP contribution in [0.2, 0.25) is 0 Å². The molecule has 1 saturated heterocycles. The average Bonchev–Trinajstić information content (AvgIpc) is 3.01. The number of halogens is 1. The molecule has 3 atom stereocenters. The Labute approximate surface area is 123 Å². The fourth-order valence-corrected chi connectivity index (χ4v) is 3.89. The Morgan fingerprint density at radius 3 is 2.84 bits per heavy atom. The van der Waals surface area contributed by atoms with Crippen molar-refractivity contribution in [1.82, 2.24) is 9.88 Å². The second-order valence-corrected chi connectivity index (χ2v) is 6.73. The van der Waals surface area contributed by atoms with Crippen LogP contribution < -0.4 is 0 Å². The van der Waals surface area contributed by atoms with Crippen LogP contribution in [0.1, 0.15) is 37.8 Å². The second kappa shape index (κ2) is 5.90. The van der Waals surface area contributed by atoms with Crippen molar-refractivity contribution >= 4 is 15.9 Å². The van der Waals surface area contributed by atoms with Gasteiger partial charge >= 0.3 is 0 Å². The van der Waals surface area contributed by atoms with Gasteiger partial charge in [0.1, 0.15) is 0 Å². The van der Waals surface area contributed by atoms with E-state index < -0.39 is 0 Å². The predicted molar refractivity (Wildman–Crippen MR) is 78.7 cm³/mol. The summed E-state index contributed by atoms with van der Waals surface area (Å²) in [5.41, 5.74) is 1.13. The maximum Gasteiger partial charge on any atom is 0.0583 e. The Kier molecular flexibility index (Phi) is 4.20. The van der Waals surface area contributed by atoms with E-state index in [0.717, 1.165) is 29.7 Å². The highest BCUT2D eigenvalue weighted by Crippen LogP contribution is 2.36. The number of nitrogens with zero attached hydrogens (tertiary/aromatic N) is 2. The van der Waals surface area contributed by atoms with E-state index in [-0.39, 0.29) is 6.10 Å². The van der Waals surface area contributed by atoms with E-state index in [9.17, 15) is 5.11 Å². The topological polar surface area (TPSA) is 36.4 Å². The number of hydrogen-bond acceptors (Lipinski definition) is 3. The molecule has 1 N–H and O–H groups in total. The highest BCUT2D eigenvalue weighted by atomic mass is 79.9. The molecule has 3 rings (SSSR count). The van der Waals surface area contributed by atoms with Crippen molar-refractivity contribution in [2.45, 2.75) is 50.8 Å². The van der Waals surface area contributed by atoms with Gasteiger partial charge in [-0.05, 0) is 60.3 Å². The number of likely N-dealkylation sites (tertiary alicyclic amines) is 1. The zero-order valence-corrected chi connectivity index (χ0v) is 12.7. The normalized spacial score (nSPS) is 32.0. The minimum Gasteiger partial charge on any atom is -0.393 e. The highest BCUT2D eigenvalue weighted by molar-refractivity contribution is 9.10. The third-order valence-corrected chi connectivity index (χ3v) is 5.06. The Bertz CT molecular complexity index is 423. The summed E-state index contributed by atoms with van der Waals surface area (Å²) in [4.78, 5) is 6.99. The van der Waals surface area contributed by atoms with Crippen molar-refractivity contribution < 1.29 is 5.11 Å². The molecule has 0 bridgehead atoms. The van der Waals surface area contributed by atoms with Gasteiger partial charge in [0.15, 0.2) is 0 Å². The molecule has 1 saturated carbocycles. The minimum absolute atomic E-state index is 0.0801. The average molecular weight is 325 g/mol. The van der Waals surface area contributed by atoms with Gasteiger partial charge in [0.25, 0.3) is 0 Å². The van der Waals surface area contributed by atoms with Crippen LogP contribution in [0.15, 0.2) is 22.8 Å². The summed E-state index contributed by atoms with van der Waals surface area (Å²) < 4.78 is 1.03. The largest absolute Gasteiger partial charge is 0.393 e. The van der Waals surface area contributed by atoms with Gasteiger partial charge < -0.3 is 5.11 Å². The maximum absolute atomic E-state index is 10.1. The van der Waals surface area contributed by atoms with Crippen LogP contribution in [-0.2, 0) is 6.54 Å². The van der Waals surface area contributed by atoms with Crippen LogP contribution in [0.3, 0.4) is 0 Å². The fourth-order valence-electron chi connectivity index (χ4n) is 3.66. The van der Waals surface area contributed by atoms with Crippen LogP contribution in [-0.4, -0.2) is 33.7 Å². The van der Waals surface area contributed by atoms with Crippen molar-refractivity contribution in [2.24, 2.45) is 5.92 Å². The molecule has 1 aromatic rings. The first-order valence-corrected chi connectivity index (χ1v) is 8.06. The zero-order chi connectivity index (χ0) is 13.2. The third-order valence-electron chi connectivity index (χ3n) is 4.59. The van der Waals surface area contributed by atoms with E-state index in [2.05, 4.69) is 37.9 Å². The minimum atomic E-state index is -0.0801. The molecule has 0 aromatic carbocycles. The van der Waals surface area contributed by atoms with E-state index in [4.69, 9.17) is 0 Å². The monoisotopic (exact) mass is 324 g/mol. The molecule has 1 aliphatic carbocycles. The summed E-state index contributed by atoms with van der Waals surface area (Å²) in [5, 5.41) is 10.1. The van der Waals surface area contributed by atoms with Gasteiger partial charge in [0.2, 0.25) is 0 Å². The number of pyridine rings is 1. The smallest absolute Gasteiger partial charge is 0.0583 e. The lowest BCUT2D eigenvalue weighted by Gasteiger charge is -2.31. The SMILES string of the molecule is OC1CCCC1C1CCCN1Cc1ccc(Br)cn1. The van der Waals surface area contributed by atoms with Gasteiger partial charge in [-0.1, -0.05) is 6.42 Å². The van der Waals surface area contributed by atoms with Gasteiger partial charge in [-0.2, -0.15) is 0 Å². The van der Waals surface area contributed by atoms with Crippen molar-refractivity contribution in [3.8, 4) is 0 Å². The molecule has 2 aliphatic rings. The van der Waals surface area contributed by atoms with Crippen molar-refractivity contribution in [3.05, 3.63) is 28.5 Å². The van der Waals surface area contributed by atoms with Crippen LogP contribution in [0.4, 0.5) is 0 Å². The van der Waals surface area contributed by atoms with Crippen LogP contribution in [0.5, 0.6) is 0 Å². The molecular formula is C15H21BrN2O. The number of aliphatic hydroxyl groups excluding tert-OH is 1. The van der Waals surface area contributed by atoms with Crippen LogP contribution >= 0.6 is 15.9 Å². The van der Waals surface area contributed by atoms with E-state index in [1.807, 2.05) is 6.20 Å². The molecule has 3 nitrogen and oxygen atoms in total. The van der Waals surface area contributed by atoms with E-state index in [0.29, 0.717) is 12.0 Å². The van der Waals surface area contributed by atoms with Gasteiger partial charge in [-0.3, -0.25) is 9.88 Å². The molecule has 4 heteroatoms. The molecule has 2 heterocycles. The fraction of sp³-hybridized carbons (Fsp3) is 0.667. The highest BCUT2D eigenvalue weighted by Gasteiger charge is 2.38. The number of rotatable bonds is 3. The molecule has 0 amide bonds. The first kappa shape index (κ1) is 13.5. The molecule has 1 aliphatic heterocycles. The predicted octanol–water partition coefficient (Wildman–Crippen LogP) is 2.97. The molecule has 1 aromatic heterocycles. The maximum atomic E-state index is 10.1. The molecular weight excluding hydrogens is 304 g/mol. The summed E-state index contributed by atoms with van der Waals surface area (Å²) >= 11 is 3.42. The summed E-state index contributed by atoms with van der Waals surface area (Å²) in [7, 11) is 0. The van der Waals surface area contributed by atoms with E-state index >= 15 is 0 Å². The van der Waals surface area contributed by atoms with Gasteiger partial charge in [-0.25, -0.2) is 0 Å². The van der Waals surface area contributed by atoms with Gasteiger partial charge in [0.05, 0.1) is 11.8 Å². The van der Waals surface area contributed by atoms with Crippen molar-refractivity contribution in [3.63, 3.8) is 0 Å². The van der Waals surface area contributed by atoms with Crippen molar-refractivity contribution in [1.29, 1.82) is 0 Å². The van der Waals surface area contributed by atoms with Crippen LogP contribution in [0, 0.1) is 5.92 Å². The van der Waals surface area contributed by atoms with E-state index in [1.165, 1.54) is 25.7 Å². The summed E-state index contributed by atoms with van der Waals surface area (Å²) in [5.74, 6) is 0.484. The Morgan fingerprint density at radius 2 is 2.16 bits per heavy atom. The lowest BCUT2D eigenvalue weighted by atomic mass is 9.94. The standard InChI is InChI=1S/C15H21BrN2O/c16-11-6-7-12(17-9-11)10-18-8-2-4-14(18)13-3-1-5-15(13)19/h6-7,9,13-15,19H,1-5,8,10H2. The molecule has 104 valence electrons. The summed E-state index contributed by atoms with van der Waals surface area (Å²) in [6.07, 6.45) is 7.64.